The molecule has 6 N–H and O–H groups in total. The normalized spacial score (nSPS) is 15.5. The number of nitrogens with zero attached hydrogens (tertiary/aromatic N) is 8. The first-order valence-electron chi connectivity index (χ1n) is 19.9. The molecule has 0 unspecified atom stereocenters. The van der Waals surface area contributed by atoms with Gasteiger partial charge in [0.1, 0.15) is 34.9 Å². The van der Waals surface area contributed by atoms with E-state index < -0.39 is 6.09 Å². The van der Waals surface area contributed by atoms with E-state index in [4.69, 9.17) is 5.11 Å². The van der Waals surface area contributed by atoms with Crippen LogP contribution in [0.4, 0.5) is 39.4 Å². The maximum atomic E-state index is 12.5. The average Bonchev–Trinajstić information content (AvgIpc) is 4.01. The number of carboxylic acid groups (broad SMARTS) is 1. The molecule has 0 spiro atoms. The third kappa shape index (κ3) is 9.43. The largest absolute Gasteiger partial charge is 0.465 e. The van der Waals surface area contributed by atoms with Gasteiger partial charge in [-0.3, -0.25) is 20.2 Å². The Balaban J connectivity index is 0.000000202. The number of anilines is 6. The van der Waals surface area contributed by atoms with Crippen LogP contribution in [-0.4, -0.2) is 62.6 Å². The first-order valence-corrected chi connectivity index (χ1v) is 19.9. The van der Waals surface area contributed by atoms with Crippen molar-refractivity contribution in [3.05, 3.63) is 95.1 Å². The number of fused-ring (bicyclic) bond motifs is 2. The summed E-state index contributed by atoms with van der Waals surface area (Å²) in [4.78, 5) is 56.5. The van der Waals surface area contributed by atoms with E-state index in [1.165, 1.54) is 0 Å². The maximum absolute atomic E-state index is 12.5. The van der Waals surface area contributed by atoms with Gasteiger partial charge in [-0.05, 0) is 82.3 Å². The molecule has 4 aromatic rings. The molecule has 0 saturated heterocycles. The summed E-state index contributed by atoms with van der Waals surface area (Å²) in [6.07, 6.45) is 6.52. The number of para-hydroxylation sites is 4. The number of rotatable bonds is 11. The molecular weight excluding hydrogens is 763 g/mol. The number of nitrogens with one attached hydrogen (secondary N) is 5. The molecule has 2 aromatic heterocycles. The van der Waals surface area contributed by atoms with Crippen molar-refractivity contribution in [1.82, 2.24) is 25.3 Å². The van der Waals surface area contributed by atoms with Gasteiger partial charge in [0.05, 0.1) is 34.1 Å². The smallest absolute Gasteiger partial charge is 0.404 e. The summed E-state index contributed by atoms with van der Waals surface area (Å²) in [5.41, 5.74) is 7.07. The highest BCUT2D eigenvalue weighted by atomic mass is 16.4. The molecule has 7 rings (SSSR count). The first-order chi connectivity index (χ1) is 29.1. The third-order valence-corrected chi connectivity index (χ3v) is 10.3. The Morgan fingerprint density at radius 2 is 1.27 bits per heavy atom. The number of aromatic nitrogens is 4. The molecule has 2 aromatic carbocycles. The van der Waals surface area contributed by atoms with Crippen molar-refractivity contribution in [2.24, 2.45) is 5.92 Å². The summed E-state index contributed by atoms with van der Waals surface area (Å²) in [7, 11) is 0. The number of nitriles is 2. The third-order valence-electron chi connectivity index (χ3n) is 10.3. The van der Waals surface area contributed by atoms with Crippen LogP contribution in [0, 0.1) is 42.4 Å². The predicted molar refractivity (Wildman–Crippen MR) is 229 cm³/mol. The number of carbonyl (C=O) groups excluding carboxylic acids is 2. The number of carbonyl (C=O) groups is 3. The summed E-state index contributed by atoms with van der Waals surface area (Å²) < 4.78 is 0. The molecule has 0 radical (unpaired) electrons. The molecule has 3 amide bonds. The van der Waals surface area contributed by atoms with Crippen molar-refractivity contribution in [1.29, 1.82) is 10.5 Å². The molecule has 4 heterocycles. The SMILES string of the molecule is CCN1/C(=C(\C#N)c2nc(NC(=O)C3CCCC3)ncc2C)Nc2ccccc21.CCN1/C(=C(\C#N)c2nc(NC(=O)CCCNC(=O)O)ncc2C)Nc2ccccc21. The summed E-state index contributed by atoms with van der Waals surface area (Å²) >= 11 is 0. The van der Waals surface area contributed by atoms with E-state index >= 15 is 0 Å². The quantitative estimate of drug-likeness (QED) is 0.0663. The van der Waals surface area contributed by atoms with Crippen LogP contribution in [0.1, 0.15) is 74.9 Å². The van der Waals surface area contributed by atoms with Crippen molar-refractivity contribution < 1.29 is 19.5 Å². The monoisotopic (exact) mass is 809 g/mol. The van der Waals surface area contributed by atoms with E-state index in [1.807, 2.05) is 74.2 Å². The lowest BCUT2D eigenvalue weighted by Crippen LogP contribution is -2.23. The van der Waals surface area contributed by atoms with Gasteiger partial charge in [0, 0.05) is 44.4 Å². The average molecular weight is 810 g/mol. The van der Waals surface area contributed by atoms with Gasteiger partial charge >= 0.3 is 6.09 Å². The van der Waals surface area contributed by atoms with Crippen molar-refractivity contribution in [3.8, 4) is 12.1 Å². The fourth-order valence-corrected chi connectivity index (χ4v) is 7.29. The summed E-state index contributed by atoms with van der Waals surface area (Å²) in [6, 6.07) is 20.3. The van der Waals surface area contributed by atoms with Crippen LogP contribution in [-0.2, 0) is 9.59 Å². The van der Waals surface area contributed by atoms with Crippen LogP contribution in [0.25, 0.3) is 11.1 Å². The molecule has 1 aliphatic carbocycles. The summed E-state index contributed by atoms with van der Waals surface area (Å²) in [5.74, 6) is 1.31. The minimum Gasteiger partial charge on any atom is -0.465 e. The van der Waals surface area contributed by atoms with Gasteiger partial charge in [-0.1, -0.05) is 37.1 Å². The Labute approximate surface area is 348 Å². The second kappa shape index (κ2) is 19.3. The highest BCUT2D eigenvalue weighted by Crippen LogP contribution is 2.40. The standard InChI is InChI=1S/C22H24N6O.C21H23N7O3/c1-3-28-18-11-7-6-10-17(18)25-20(28)16(12-23)19-14(2)13-24-22(26-19)27-21(29)15-8-4-5-9-15;1-3-28-16-8-5-4-7-15(16)25-19(28)14(11-22)18-13(2)12-24-20(27-18)26-17(29)9-6-10-23-21(30)31/h6-7,10-11,13,15,25H,3-5,8-9H2,1-2H3,(H,24,26,27,29);4-5,7-8,12,23,25H,3,6,9-10H2,1-2H3,(H,30,31)(H,24,26,27,29)/b20-16+;19-14+. The summed E-state index contributed by atoms with van der Waals surface area (Å²) in [6.45, 7) is 9.24. The molecule has 3 aliphatic rings. The van der Waals surface area contributed by atoms with Crippen molar-refractivity contribution in [2.75, 3.05) is 50.7 Å². The van der Waals surface area contributed by atoms with Gasteiger partial charge in [-0.25, -0.2) is 24.7 Å². The van der Waals surface area contributed by atoms with Crippen LogP contribution in [0.2, 0.25) is 0 Å². The highest BCUT2D eigenvalue weighted by Gasteiger charge is 2.29. The zero-order valence-electron chi connectivity index (χ0n) is 34.0. The number of aryl methyl sites for hydroxylation is 2. The molecular formula is C43H47N13O4. The van der Waals surface area contributed by atoms with Gasteiger partial charge in [0.15, 0.2) is 0 Å². The molecule has 1 saturated carbocycles. The predicted octanol–water partition coefficient (Wildman–Crippen LogP) is 6.97. The van der Waals surface area contributed by atoms with E-state index in [2.05, 4.69) is 63.6 Å². The van der Waals surface area contributed by atoms with Crippen LogP contribution < -0.4 is 36.4 Å². The van der Waals surface area contributed by atoms with E-state index in [-0.39, 0.29) is 42.6 Å². The Morgan fingerprint density at radius 1 is 0.783 bits per heavy atom. The fraction of sp³-hybridized carbons (Fsp3) is 0.326. The van der Waals surface area contributed by atoms with Crippen molar-refractivity contribution >= 4 is 63.7 Å². The Bertz CT molecular complexity index is 2430. The lowest BCUT2D eigenvalue weighted by atomic mass is 10.1. The molecule has 17 nitrogen and oxygen atoms in total. The minimum atomic E-state index is -1.13. The number of hydrogen-bond acceptors (Lipinski definition) is 13. The Hall–Kier alpha value is -7.53. The fourth-order valence-electron chi connectivity index (χ4n) is 7.29. The number of hydrogen-bond donors (Lipinski definition) is 6. The molecule has 17 heteroatoms. The maximum Gasteiger partial charge on any atom is 0.404 e. The van der Waals surface area contributed by atoms with Crippen LogP contribution >= 0.6 is 0 Å². The molecule has 60 heavy (non-hydrogen) atoms. The zero-order chi connectivity index (χ0) is 42.8. The van der Waals surface area contributed by atoms with Gasteiger partial charge < -0.3 is 30.9 Å². The highest BCUT2D eigenvalue weighted by molar-refractivity contribution is 5.94. The van der Waals surface area contributed by atoms with Gasteiger partial charge in [0.2, 0.25) is 23.7 Å². The number of allylic oxidation sites excluding steroid dienone is 2. The number of amides is 3. The second-order valence-electron chi connectivity index (χ2n) is 14.2. The van der Waals surface area contributed by atoms with Crippen molar-refractivity contribution in [3.63, 3.8) is 0 Å². The van der Waals surface area contributed by atoms with E-state index in [9.17, 15) is 24.9 Å². The molecule has 2 aliphatic heterocycles. The zero-order valence-corrected chi connectivity index (χ0v) is 34.0. The Kier molecular flexibility index (Phi) is 13.5. The van der Waals surface area contributed by atoms with E-state index in [1.54, 1.807) is 19.3 Å². The van der Waals surface area contributed by atoms with Crippen LogP contribution in [0.15, 0.2) is 72.6 Å². The lowest BCUT2D eigenvalue weighted by Gasteiger charge is -2.19. The second-order valence-corrected chi connectivity index (χ2v) is 14.2. The van der Waals surface area contributed by atoms with E-state index in [0.717, 1.165) is 54.0 Å². The molecule has 0 bridgehead atoms. The van der Waals surface area contributed by atoms with Crippen LogP contribution in [0.5, 0.6) is 0 Å². The molecule has 0 atom stereocenters. The molecule has 308 valence electrons. The van der Waals surface area contributed by atoms with Crippen LogP contribution in [0.3, 0.4) is 0 Å². The molecule has 1 fully saturated rings. The van der Waals surface area contributed by atoms with Gasteiger partial charge in [-0.15, -0.1) is 0 Å². The lowest BCUT2D eigenvalue weighted by molar-refractivity contribution is -0.119. The minimum absolute atomic E-state index is 0.0266. The first kappa shape index (κ1) is 42.1. The van der Waals surface area contributed by atoms with E-state index in [0.29, 0.717) is 59.2 Å². The Morgan fingerprint density at radius 3 is 1.73 bits per heavy atom. The van der Waals surface area contributed by atoms with Crippen molar-refractivity contribution in [2.45, 2.75) is 66.2 Å². The number of benzene rings is 2. The topological polar surface area (TPSA) is 237 Å². The van der Waals surface area contributed by atoms with Gasteiger partial charge in [0.25, 0.3) is 0 Å². The summed E-state index contributed by atoms with van der Waals surface area (Å²) in [5, 5.41) is 42.8. The van der Waals surface area contributed by atoms with Gasteiger partial charge in [-0.2, -0.15) is 10.5 Å².